The average molecular weight is 363 g/mol. The minimum Gasteiger partial charge on any atom is -0.373 e. The highest BCUT2D eigenvalue weighted by Crippen LogP contribution is 2.30. The van der Waals surface area contributed by atoms with Crippen molar-refractivity contribution in [3.63, 3.8) is 0 Å². The Labute approximate surface area is 150 Å². The first-order valence-corrected chi connectivity index (χ1v) is 8.28. The van der Waals surface area contributed by atoms with Gasteiger partial charge in [0.2, 0.25) is 5.91 Å². The number of aryl methyl sites for hydroxylation is 2. The van der Waals surface area contributed by atoms with E-state index in [1.54, 1.807) is 18.2 Å². The van der Waals surface area contributed by atoms with E-state index in [0.717, 1.165) is 11.1 Å². The zero-order chi connectivity index (χ0) is 17.4. The van der Waals surface area contributed by atoms with Crippen molar-refractivity contribution in [1.82, 2.24) is 0 Å². The highest BCUT2D eigenvalue weighted by Gasteiger charge is 2.40. The summed E-state index contributed by atoms with van der Waals surface area (Å²) in [6.45, 7) is 3.86. The van der Waals surface area contributed by atoms with Crippen LogP contribution in [0.5, 0.6) is 0 Å². The Morgan fingerprint density at radius 3 is 2.46 bits per heavy atom. The van der Waals surface area contributed by atoms with E-state index >= 15 is 0 Å². The number of anilines is 2. The van der Waals surface area contributed by atoms with Crippen LogP contribution in [0.2, 0.25) is 10.0 Å². The molecule has 1 atom stereocenters. The van der Waals surface area contributed by atoms with Crippen LogP contribution in [0.15, 0.2) is 36.4 Å². The van der Waals surface area contributed by atoms with Crippen LogP contribution in [0.4, 0.5) is 11.4 Å². The monoisotopic (exact) mass is 362 g/mol. The number of nitrogens with zero attached hydrogens (tertiary/aromatic N) is 1. The van der Waals surface area contributed by atoms with E-state index < -0.39 is 6.04 Å². The van der Waals surface area contributed by atoms with Crippen LogP contribution in [0.25, 0.3) is 0 Å². The van der Waals surface area contributed by atoms with Gasteiger partial charge in [0.25, 0.3) is 5.91 Å². The molecule has 1 aliphatic rings. The number of amides is 2. The van der Waals surface area contributed by atoms with E-state index in [-0.39, 0.29) is 18.2 Å². The molecule has 6 heteroatoms. The zero-order valence-electron chi connectivity index (χ0n) is 13.3. The first-order valence-electron chi connectivity index (χ1n) is 7.52. The maximum atomic E-state index is 12.7. The first kappa shape index (κ1) is 16.8. The fourth-order valence-electron chi connectivity index (χ4n) is 2.84. The summed E-state index contributed by atoms with van der Waals surface area (Å²) in [7, 11) is 0. The van der Waals surface area contributed by atoms with Crippen LogP contribution in [0, 0.1) is 13.8 Å². The molecule has 2 amide bonds. The standard InChI is InChI=1S/C18H16Cl2N2O2/c1-10-3-6-16(11(2)7-10)22-17(23)9-15(18(22)24)21-12-4-5-13(19)14(20)8-12/h3-8,15,21H,9H2,1-2H3/t15-/m1/s1. The highest BCUT2D eigenvalue weighted by molar-refractivity contribution is 6.42. The molecular formula is C18H16Cl2N2O2. The maximum absolute atomic E-state index is 12.7. The summed E-state index contributed by atoms with van der Waals surface area (Å²) in [4.78, 5) is 26.3. The summed E-state index contributed by atoms with van der Waals surface area (Å²) in [5.41, 5.74) is 3.26. The van der Waals surface area contributed by atoms with E-state index in [4.69, 9.17) is 23.2 Å². The second-order valence-corrected chi connectivity index (χ2v) is 6.70. The quantitative estimate of drug-likeness (QED) is 0.825. The van der Waals surface area contributed by atoms with Crippen molar-refractivity contribution in [3.8, 4) is 0 Å². The Hall–Kier alpha value is -2.04. The van der Waals surface area contributed by atoms with Gasteiger partial charge in [0.1, 0.15) is 6.04 Å². The lowest BCUT2D eigenvalue weighted by Gasteiger charge is -2.18. The lowest BCUT2D eigenvalue weighted by Crippen LogP contribution is -2.35. The number of hydrogen-bond acceptors (Lipinski definition) is 3. The molecule has 0 unspecified atom stereocenters. The molecule has 0 aromatic heterocycles. The Bertz CT molecular complexity index is 836. The SMILES string of the molecule is Cc1ccc(N2C(=O)C[C@@H](Nc3ccc(Cl)c(Cl)c3)C2=O)c(C)c1. The Morgan fingerprint density at radius 1 is 1.04 bits per heavy atom. The molecule has 2 aromatic carbocycles. The summed E-state index contributed by atoms with van der Waals surface area (Å²) < 4.78 is 0. The fourth-order valence-corrected chi connectivity index (χ4v) is 3.14. The van der Waals surface area contributed by atoms with Crippen LogP contribution in [-0.4, -0.2) is 17.9 Å². The zero-order valence-corrected chi connectivity index (χ0v) is 14.8. The first-order chi connectivity index (χ1) is 11.4. The van der Waals surface area contributed by atoms with Crippen molar-refractivity contribution in [2.24, 2.45) is 0 Å². The Morgan fingerprint density at radius 2 is 1.79 bits per heavy atom. The van der Waals surface area contributed by atoms with Gasteiger partial charge < -0.3 is 5.32 Å². The van der Waals surface area contributed by atoms with Gasteiger partial charge in [-0.15, -0.1) is 0 Å². The minimum absolute atomic E-state index is 0.104. The summed E-state index contributed by atoms with van der Waals surface area (Å²) in [6.07, 6.45) is 0.104. The fraction of sp³-hybridized carbons (Fsp3) is 0.222. The topological polar surface area (TPSA) is 49.4 Å². The maximum Gasteiger partial charge on any atom is 0.256 e. The molecule has 0 saturated carbocycles. The lowest BCUT2D eigenvalue weighted by molar-refractivity contribution is -0.121. The van der Waals surface area contributed by atoms with Gasteiger partial charge in [0.05, 0.1) is 22.2 Å². The predicted octanol–water partition coefficient (Wildman–Crippen LogP) is 4.35. The van der Waals surface area contributed by atoms with Crippen LogP contribution in [0.1, 0.15) is 17.5 Å². The number of halogens is 2. The van der Waals surface area contributed by atoms with E-state index in [1.807, 2.05) is 32.0 Å². The Balaban J connectivity index is 1.84. The molecule has 1 heterocycles. The largest absolute Gasteiger partial charge is 0.373 e. The smallest absolute Gasteiger partial charge is 0.256 e. The van der Waals surface area contributed by atoms with Gasteiger partial charge in [-0.3, -0.25) is 9.59 Å². The van der Waals surface area contributed by atoms with Gasteiger partial charge in [0, 0.05) is 5.69 Å². The van der Waals surface area contributed by atoms with Gasteiger partial charge in [-0.1, -0.05) is 40.9 Å². The van der Waals surface area contributed by atoms with Crippen LogP contribution < -0.4 is 10.2 Å². The number of carbonyl (C=O) groups is 2. The van der Waals surface area contributed by atoms with E-state index in [1.165, 1.54) is 4.90 Å². The molecule has 1 fully saturated rings. The highest BCUT2D eigenvalue weighted by atomic mass is 35.5. The number of nitrogens with one attached hydrogen (secondary N) is 1. The number of benzene rings is 2. The van der Waals surface area contributed by atoms with Crippen LogP contribution in [0.3, 0.4) is 0 Å². The molecule has 0 aliphatic carbocycles. The summed E-state index contributed by atoms with van der Waals surface area (Å²) >= 11 is 11.9. The second-order valence-electron chi connectivity index (χ2n) is 5.89. The van der Waals surface area contributed by atoms with Crippen molar-refractivity contribution in [2.45, 2.75) is 26.3 Å². The van der Waals surface area contributed by atoms with Gasteiger partial charge >= 0.3 is 0 Å². The third-order valence-corrected chi connectivity index (χ3v) is 4.74. The average Bonchev–Trinajstić information content (AvgIpc) is 2.78. The number of rotatable bonds is 3. The number of imide groups is 1. The molecule has 124 valence electrons. The van der Waals surface area contributed by atoms with Crippen molar-refractivity contribution >= 4 is 46.4 Å². The summed E-state index contributed by atoms with van der Waals surface area (Å²) in [5, 5.41) is 3.90. The molecule has 0 radical (unpaired) electrons. The molecular weight excluding hydrogens is 347 g/mol. The minimum atomic E-state index is -0.615. The van der Waals surface area contributed by atoms with Crippen LogP contribution in [-0.2, 0) is 9.59 Å². The molecule has 1 saturated heterocycles. The van der Waals surface area contributed by atoms with Gasteiger partial charge in [0.15, 0.2) is 0 Å². The third kappa shape index (κ3) is 3.12. The van der Waals surface area contributed by atoms with Crippen molar-refractivity contribution in [2.75, 3.05) is 10.2 Å². The molecule has 3 rings (SSSR count). The van der Waals surface area contributed by atoms with Crippen molar-refractivity contribution in [3.05, 3.63) is 57.6 Å². The molecule has 1 aliphatic heterocycles. The van der Waals surface area contributed by atoms with E-state index in [2.05, 4.69) is 5.32 Å². The molecule has 4 nitrogen and oxygen atoms in total. The summed E-state index contributed by atoms with van der Waals surface area (Å²) in [6, 6.07) is 10.1. The third-order valence-electron chi connectivity index (χ3n) is 4.00. The molecule has 24 heavy (non-hydrogen) atoms. The molecule has 0 bridgehead atoms. The molecule has 2 aromatic rings. The van der Waals surface area contributed by atoms with Gasteiger partial charge in [-0.2, -0.15) is 0 Å². The van der Waals surface area contributed by atoms with Crippen LogP contribution >= 0.6 is 23.2 Å². The summed E-state index contributed by atoms with van der Waals surface area (Å²) in [5.74, 6) is -0.484. The number of carbonyl (C=O) groups excluding carboxylic acids is 2. The Kier molecular flexibility index (Phi) is 4.52. The molecule has 1 N–H and O–H groups in total. The van der Waals surface area contributed by atoms with Crippen molar-refractivity contribution in [1.29, 1.82) is 0 Å². The van der Waals surface area contributed by atoms with E-state index in [0.29, 0.717) is 21.4 Å². The van der Waals surface area contributed by atoms with E-state index in [9.17, 15) is 9.59 Å². The normalized spacial score (nSPS) is 17.5. The number of hydrogen-bond donors (Lipinski definition) is 1. The second kappa shape index (κ2) is 6.46. The van der Waals surface area contributed by atoms with Gasteiger partial charge in [-0.25, -0.2) is 4.90 Å². The molecule has 0 spiro atoms. The van der Waals surface area contributed by atoms with Crippen molar-refractivity contribution < 1.29 is 9.59 Å². The predicted molar refractivity (Wildman–Crippen MR) is 96.9 cm³/mol. The lowest BCUT2D eigenvalue weighted by atomic mass is 10.1. The van der Waals surface area contributed by atoms with Gasteiger partial charge in [-0.05, 0) is 43.7 Å².